The SMILES string of the molecule is Bc1cnnc(N)n1. The Labute approximate surface area is 47.6 Å². The van der Waals surface area contributed by atoms with Crippen LogP contribution in [-0.2, 0) is 0 Å². The van der Waals surface area contributed by atoms with Gasteiger partial charge >= 0.3 is 0 Å². The highest BCUT2D eigenvalue weighted by Crippen LogP contribution is 1.74. The lowest BCUT2D eigenvalue weighted by atomic mass is 10.1. The molecule has 0 aliphatic heterocycles. The molecule has 1 rings (SSSR count). The first-order chi connectivity index (χ1) is 3.79. The minimum absolute atomic E-state index is 0.227. The summed E-state index contributed by atoms with van der Waals surface area (Å²) in [4.78, 5) is 3.78. The lowest BCUT2D eigenvalue weighted by Gasteiger charge is -1.88. The van der Waals surface area contributed by atoms with E-state index in [1.54, 1.807) is 6.20 Å². The van der Waals surface area contributed by atoms with Gasteiger partial charge in [-0.15, -0.1) is 5.10 Å². The van der Waals surface area contributed by atoms with Crippen LogP contribution in [0.4, 0.5) is 5.95 Å². The second-order valence-electron chi connectivity index (χ2n) is 1.46. The van der Waals surface area contributed by atoms with Crippen LogP contribution in [0.25, 0.3) is 0 Å². The fourth-order valence-electron chi connectivity index (χ4n) is 0.403. The predicted molar refractivity (Wildman–Crippen MR) is 32.4 cm³/mol. The van der Waals surface area contributed by atoms with Gasteiger partial charge in [0.2, 0.25) is 5.95 Å². The van der Waals surface area contributed by atoms with Gasteiger partial charge in [0.25, 0.3) is 0 Å². The van der Waals surface area contributed by atoms with E-state index in [0.717, 1.165) is 5.59 Å². The molecule has 1 aromatic rings. The summed E-state index contributed by atoms with van der Waals surface area (Å²) in [6, 6.07) is 0. The predicted octanol–water partition coefficient (Wildman–Crippen LogP) is -2.29. The molecular formula is C3H5BN4. The molecule has 0 unspecified atom stereocenters. The van der Waals surface area contributed by atoms with Crippen molar-refractivity contribution in [1.29, 1.82) is 0 Å². The number of nitrogens with two attached hydrogens (primary N) is 1. The molecule has 0 saturated carbocycles. The maximum absolute atomic E-state index is 5.17. The molecule has 0 fully saturated rings. The second kappa shape index (κ2) is 1.77. The summed E-state index contributed by atoms with van der Waals surface area (Å²) in [5.74, 6) is 0.227. The summed E-state index contributed by atoms with van der Waals surface area (Å²) >= 11 is 0. The molecule has 1 aromatic heterocycles. The first kappa shape index (κ1) is 5.02. The highest BCUT2D eigenvalue weighted by Gasteiger charge is 1.85. The van der Waals surface area contributed by atoms with Gasteiger partial charge in [-0.3, -0.25) is 0 Å². The molecule has 0 bridgehead atoms. The Hall–Kier alpha value is -1.13. The van der Waals surface area contributed by atoms with E-state index >= 15 is 0 Å². The van der Waals surface area contributed by atoms with Gasteiger partial charge in [0.1, 0.15) is 0 Å². The van der Waals surface area contributed by atoms with Crippen molar-refractivity contribution in [3.63, 3.8) is 0 Å². The molecule has 40 valence electrons. The van der Waals surface area contributed by atoms with Crippen molar-refractivity contribution in [2.24, 2.45) is 0 Å². The van der Waals surface area contributed by atoms with Crippen molar-refractivity contribution < 1.29 is 0 Å². The summed E-state index contributed by atoms with van der Waals surface area (Å²) in [6.45, 7) is 0. The number of nitrogen functional groups attached to an aromatic ring is 1. The van der Waals surface area contributed by atoms with E-state index < -0.39 is 0 Å². The zero-order valence-electron chi connectivity index (χ0n) is 4.50. The largest absolute Gasteiger partial charge is 0.367 e. The van der Waals surface area contributed by atoms with Crippen LogP contribution in [0.2, 0.25) is 0 Å². The number of aromatic nitrogens is 3. The van der Waals surface area contributed by atoms with E-state index in [-0.39, 0.29) is 5.95 Å². The van der Waals surface area contributed by atoms with E-state index in [2.05, 4.69) is 15.2 Å². The van der Waals surface area contributed by atoms with Gasteiger partial charge in [-0.2, -0.15) is 5.10 Å². The van der Waals surface area contributed by atoms with Crippen molar-refractivity contribution in [3.05, 3.63) is 6.20 Å². The van der Waals surface area contributed by atoms with Crippen molar-refractivity contribution in [1.82, 2.24) is 15.2 Å². The number of hydrogen-bond donors (Lipinski definition) is 1. The third-order valence-electron chi connectivity index (χ3n) is 0.696. The Morgan fingerprint density at radius 1 is 1.62 bits per heavy atom. The van der Waals surface area contributed by atoms with Crippen molar-refractivity contribution in [2.75, 3.05) is 5.73 Å². The number of rotatable bonds is 0. The zero-order chi connectivity index (χ0) is 5.98. The summed E-state index contributed by atoms with van der Waals surface area (Å²) < 4.78 is 0. The van der Waals surface area contributed by atoms with Gasteiger partial charge in [0, 0.05) is 5.59 Å². The van der Waals surface area contributed by atoms with E-state index in [0.29, 0.717) is 0 Å². The van der Waals surface area contributed by atoms with E-state index in [1.165, 1.54) is 0 Å². The summed E-state index contributed by atoms with van der Waals surface area (Å²) in [7, 11) is 1.81. The van der Waals surface area contributed by atoms with Crippen LogP contribution in [-0.4, -0.2) is 23.0 Å². The normalized spacial score (nSPS) is 9.00. The fraction of sp³-hybridized carbons (Fsp3) is 0. The summed E-state index contributed by atoms with van der Waals surface area (Å²) in [5, 5.41) is 7.00. The molecule has 0 aromatic carbocycles. The summed E-state index contributed by atoms with van der Waals surface area (Å²) in [6.07, 6.45) is 1.55. The van der Waals surface area contributed by atoms with Crippen LogP contribution < -0.4 is 11.3 Å². The molecule has 0 spiro atoms. The van der Waals surface area contributed by atoms with Gasteiger partial charge in [-0.05, 0) is 0 Å². The van der Waals surface area contributed by atoms with Gasteiger partial charge in [-0.25, -0.2) is 4.98 Å². The minimum atomic E-state index is 0.227. The third-order valence-corrected chi connectivity index (χ3v) is 0.696. The molecule has 0 aliphatic carbocycles. The average Bonchev–Trinajstić information content (AvgIpc) is 1.64. The van der Waals surface area contributed by atoms with Crippen LogP contribution in [0.15, 0.2) is 6.20 Å². The molecule has 2 N–H and O–H groups in total. The standard InChI is InChI=1S/C3H5BN4/c4-2-1-6-8-3(5)7-2/h1H,4H2,(H2,5,7,8). The topological polar surface area (TPSA) is 64.7 Å². The summed E-state index contributed by atoms with van der Waals surface area (Å²) in [5.41, 5.74) is 5.96. The van der Waals surface area contributed by atoms with Gasteiger partial charge in [0.05, 0.1) is 6.20 Å². The minimum Gasteiger partial charge on any atom is -0.367 e. The third kappa shape index (κ3) is 0.929. The Balaban J connectivity index is 3.08. The Bertz CT molecular complexity index is 171. The monoisotopic (exact) mass is 108 g/mol. The molecule has 0 saturated heterocycles. The molecule has 8 heavy (non-hydrogen) atoms. The molecule has 0 radical (unpaired) electrons. The molecule has 1 heterocycles. The maximum Gasteiger partial charge on any atom is 0.239 e. The maximum atomic E-state index is 5.17. The first-order valence-electron chi connectivity index (χ1n) is 2.21. The van der Waals surface area contributed by atoms with Crippen LogP contribution in [0, 0.1) is 0 Å². The number of anilines is 1. The highest BCUT2D eigenvalue weighted by atomic mass is 15.2. The zero-order valence-corrected chi connectivity index (χ0v) is 4.50. The Kier molecular flexibility index (Phi) is 1.11. The Morgan fingerprint density at radius 2 is 2.38 bits per heavy atom. The number of nitrogens with zero attached hydrogens (tertiary/aromatic N) is 3. The van der Waals surface area contributed by atoms with Crippen LogP contribution in [0.1, 0.15) is 0 Å². The van der Waals surface area contributed by atoms with Crippen LogP contribution in [0.3, 0.4) is 0 Å². The van der Waals surface area contributed by atoms with Crippen LogP contribution in [0.5, 0.6) is 0 Å². The quantitative estimate of drug-likeness (QED) is 0.380. The second-order valence-corrected chi connectivity index (χ2v) is 1.46. The highest BCUT2D eigenvalue weighted by molar-refractivity contribution is 6.30. The van der Waals surface area contributed by atoms with Gasteiger partial charge in [-0.1, -0.05) is 0 Å². The molecular weight excluding hydrogens is 103 g/mol. The van der Waals surface area contributed by atoms with Gasteiger partial charge in [0.15, 0.2) is 7.85 Å². The van der Waals surface area contributed by atoms with Crippen molar-refractivity contribution in [2.45, 2.75) is 0 Å². The lowest BCUT2D eigenvalue weighted by molar-refractivity contribution is 1.00. The average molecular weight is 108 g/mol. The van der Waals surface area contributed by atoms with Gasteiger partial charge < -0.3 is 5.73 Å². The number of hydrogen-bond acceptors (Lipinski definition) is 4. The van der Waals surface area contributed by atoms with E-state index in [1.807, 2.05) is 7.85 Å². The Morgan fingerprint density at radius 3 is 2.75 bits per heavy atom. The van der Waals surface area contributed by atoms with E-state index in [4.69, 9.17) is 5.73 Å². The molecule has 5 heteroatoms. The first-order valence-corrected chi connectivity index (χ1v) is 2.21. The smallest absolute Gasteiger partial charge is 0.239 e. The molecule has 0 atom stereocenters. The molecule has 0 amide bonds. The van der Waals surface area contributed by atoms with Crippen LogP contribution >= 0.6 is 0 Å². The lowest BCUT2D eigenvalue weighted by Crippen LogP contribution is -2.12. The van der Waals surface area contributed by atoms with E-state index in [9.17, 15) is 0 Å². The molecule has 0 aliphatic rings. The fourth-order valence-corrected chi connectivity index (χ4v) is 0.403. The van der Waals surface area contributed by atoms with Crippen molar-refractivity contribution >= 4 is 19.4 Å². The van der Waals surface area contributed by atoms with Crippen molar-refractivity contribution in [3.8, 4) is 0 Å². The molecule has 4 nitrogen and oxygen atoms in total.